The van der Waals surface area contributed by atoms with Gasteiger partial charge in [0.05, 0.1) is 24.8 Å². The van der Waals surface area contributed by atoms with Gasteiger partial charge in [-0.05, 0) is 31.4 Å². The van der Waals surface area contributed by atoms with Crippen molar-refractivity contribution < 1.29 is 43.4 Å². The van der Waals surface area contributed by atoms with Crippen molar-refractivity contribution in [1.29, 1.82) is 0 Å². The van der Waals surface area contributed by atoms with Gasteiger partial charge in [0, 0.05) is 5.56 Å². The molecule has 1 fully saturated rings. The van der Waals surface area contributed by atoms with Crippen molar-refractivity contribution in [2.45, 2.75) is 57.5 Å². The number of esters is 1. The van der Waals surface area contributed by atoms with Crippen molar-refractivity contribution in [2.75, 3.05) is 7.11 Å². The summed E-state index contributed by atoms with van der Waals surface area (Å²) in [4.78, 5) is 54.8. The van der Waals surface area contributed by atoms with Gasteiger partial charge in [0.15, 0.2) is 12.2 Å². The second kappa shape index (κ2) is 13.3. The highest BCUT2D eigenvalue weighted by Crippen LogP contribution is 2.20. The summed E-state index contributed by atoms with van der Waals surface area (Å²) in [6.07, 6.45) is -4.63. The van der Waals surface area contributed by atoms with E-state index in [1.807, 2.05) is 44.2 Å². The number of benzene rings is 1. The van der Waals surface area contributed by atoms with Crippen LogP contribution in [0.1, 0.15) is 37.7 Å². The van der Waals surface area contributed by atoms with Gasteiger partial charge in [0.1, 0.15) is 11.7 Å². The van der Waals surface area contributed by atoms with E-state index in [4.69, 9.17) is 9.31 Å². The van der Waals surface area contributed by atoms with Gasteiger partial charge >= 0.3 is 19.1 Å². The van der Waals surface area contributed by atoms with Crippen molar-refractivity contribution in [3.05, 3.63) is 54.2 Å². The predicted octanol–water partition coefficient (Wildman–Crippen LogP) is 0.262. The number of nitrogens with zero attached hydrogens (tertiary/aromatic N) is 1. The summed E-state index contributed by atoms with van der Waals surface area (Å²) in [6.45, 7) is 5.02. The van der Waals surface area contributed by atoms with E-state index in [1.165, 1.54) is 13.0 Å². The van der Waals surface area contributed by atoms with E-state index in [0.717, 1.165) is 12.7 Å². The third-order valence-corrected chi connectivity index (χ3v) is 5.96. The fourth-order valence-corrected chi connectivity index (χ4v) is 4.00. The molecule has 0 saturated carbocycles. The normalized spacial score (nSPS) is 19.5. The minimum atomic E-state index is -1.90. The summed E-state index contributed by atoms with van der Waals surface area (Å²) in [6, 6.07) is 12.7. The molecule has 5 atom stereocenters. The van der Waals surface area contributed by atoms with Crippen molar-refractivity contribution in [2.24, 2.45) is 5.92 Å². The highest BCUT2D eigenvalue weighted by molar-refractivity contribution is 6.50. The van der Waals surface area contributed by atoms with E-state index in [-0.39, 0.29) is 18.0 Å². The quantitative estimate of drug-likeness (QED) is 0.241. The third-order valence-electron chi connectivity index (χ3n) is 5.96. The molecular weight excluding hydrogens is 509 g/mol. The molecule has 2 aromatic rings. The van der Waals surface area contributed by atoms with Crippen LogP contribution in [0.15, 0.2) is 48.5 Å². The first-order chi connectivity index (χ1) is 18.5. The molecule has 13 heteroatoms. The molecule has 1 saturated heterocycles. The first kappa shape index (κ1) is 29.7. The molecule has 12 nitrogen and oxygen atoms in total. The molecule has 1 unspecified atom stereocenters. The van der Waals surface area contributed by atoms with Crippen LogP contribution in [0.2, 0.25) is 0 Å². The molecule has 0 aliphatic carbocycles. The van der Waals surface area contributed by atoms with Crippen LogP contribution >= 0.6 is 0 Å². The number of carbonyl (C=O) groups excluding carboxylic acids is 4. The smallest absolute Gasteiger partial charge is 0.506 e. The number of carbonyl (C=O) groups is 4. The molecule has 4 N–H and O–H groups in total. The Hall–Kier alpha value is -3.81. The van der Waals surface area contributed by atoms with Crippen molar-refractivity contribution in [3.8, 4) is 11.3 Å². The Morgan fingerprint density at radius 2 is 1.77 bits per heavy atom. The second-order valence-electron chi connectivity index (χ2n) is 9.54. The Kier molecular flexibility index (Phi) is 10.2. The van der Waals surface area contributed by atoms with Crippen LogP contribution in [0.5, 0.6) is 0 Å². The Bertz CT molecular complexity index is 1180. The van der Waals surface area contributed by atoms with Crippen LogP contribution in [0.25, 0.3) is 11.3 Å². The average Bonchev–Trinajstić information content (AvgIpc) is 2.92. The zero-order chi connectivity index (χ0) is 28.7. The number of aliphatic hydroxyl groups excluding tert-OH is 2. The molecule has 0 bridgehead atoms. The molecule has 1 aromatic carbocycles. The number of aliphatic hydroxyl groups is 2. The number of methoxy groups -OCH3 is 1. The lowest BCUT2D eigenvalue weighted by Gasteiger charge is -2.34. The Morgan fingerprint density at radius 1 is 1.08 bits per heavy atom. The lowest BCUT2D eigenvalue weighted by Crippen LogP contribution is -2.63. The number of hydrogen-bond acceptors (Lipinski definition) is 10. The molecule has 1 aliphatic rings. The minimum Gasteiger partial charge on any atom is -0.506 e. The molecule has 208 valence electrons. The van der Waals surface area contributed by atoms with Crippen molar-refractivity contribution >= 4 is 30.9 Å². The molecule has 1 aromatic heterocycles. The van der Waals surface area contributed by atoms with Crippen LogP contribution in [0.3, 0.4) is 0 Å². The zero-order valence-corrected chi connectivity index (χ0v) is 22.1. The number of hydrogen-bond donors (Lipinski definition) is 4. The summed E-state index contributed by atoms with van der Waals surface area (Å²) in [5.41, 5.74) is 1.38. The van der Waals surface area contributed by atoms with Gasteiger partial charge in [-0.1, -0.05) is 50.2 Å². The van der Waals surface area contributed by atoms with Crippen LogP contribution in [0, 0.1) is 5.92 Å². The van der Waals surface area contributed by atoms with E-state index < -0.39 is 61.2 Å². The van der Waals surface area contributed by atoms with E-state index in [2.05, 4.69) is 20.4 Å². The number of aromatic nitrogens is 1. The van der Waals surface area contributed by atoms with E-state index in [1.54, 1.807) is 12.1 Å². The highest BCUT2D eigenvalue weighted by Gasteiger charge is 2.50. The third kappa shape index (κ3) is 7.62. The van der Waals surface area contributed by atoms with E-state index >= 15 is 0 Å². The molecule has 1 aliphatic heterocycles. The van der Waals surface area contributed by atoms with Gasteiger partial charge in [-0.15, -0.1) is 0 Å². The Labute approximate surface area is 226 Å². The van der Waals surface area contributed by atoms with Gasteiger partial charge in [-0.25, -0.2) is 9.78 Å². The monoisotopic (exact) mass is 541 g/mol. The molecular formula is C26H32BN3O9. The van der Waals surface area contributed by atoms with Crippen LogP contribution in [-0.4, -0.2) is 83.5 Å². The zero-order valence-electron chi connectivity index (χ0n) is 22.1. The van der Waals surface area contributed by atoms with Gasteiger partial charge in [0.25, 0.3) is 5.91 Å². The molecule has 2 amide bonds. The lowest BCUT2D eigenvalue weighted by atomic mass is 9.72. The highest BCUT2D eigenvalue weighted by atomic mass is 16.7. The second-order valence-corrected chi connectivity index (χ2v) is 9.54. The maximum absolute atomic E-state index is 13.2. The van der Waals surface area contributed by atoms with Gasteiger partial charge in [-0.3, -0.25) is 14.4 Å². The summed E-state index contributed by atoms with van der Waals surface area (Å²) in [5.74, 6) is -4.61. The van der Waals surface area contributed by atoms with Crippen molar-refractivity contribution in [3.63, 3.8) is 0 Å². The van der Waals surface area contributed by atoms with E-state index in [0.29, 0.717) is 5.69 Å². The molecule has 0 spiro atoms. The first-order valence-electron chi connectivity index (χ1n) is 12.5. The fourth-order valence-electron chi connectivity index (χ4n) is 4.00. The minimum absolute atomic E-state index is 0.0352. The van der Waals surface area contributed by atoms with Crippen molar-refractivity contribution in [1.82, 2.24) is 15.6 Å². The number of ether oxygens (including phenoxy) is 1. The lowest BCUT2D eigenvalue weighted by molar-refractivity contribution is -0.174. The Morgan fingerprint density at radius 3 is 2.38 bits per heavy atom. The SMILES string of the molecule is COC(=O)[C@@H]1OB([C@H](CC(C)C)NC(=O)[C@@H](NC(=O)c2cccc(-c3ccccc3)n2)C(C)O)OC(=O)[C@@H]1O. The van der Waals surface area contributed by atoms with Gasteiger partial charge in [-0.2, -0.15) is 0 Å². The first-order valence-corrected chi connectivity index (χ1v) is 12.5. The largest absolute Gasteiger partial charge is 0.552 e. The number of rotatable bonds is 10. The average molecular weight is 541 g/mol. The maximum Gasteiger partial charge on any atom is 0.552 e. The number of nitrogens with one attached hydrogen (secondary N) is 2. The Balaban J connectivity index is 1.77. The summed E-state index contributed by atoms with van der Waals surface area (Å²) in [5, 5.41) is 25.5. The fraction of sp³-hybridized carbons (Fsp3) is 0.423. The van der Waals surface area contributed by atoms with Crippen LogP contribution < -0.4 is 10.6 Å². The standard InChI is InChI=1S/C26H32BN3O9/c1-14(2)13-19(27-38-22(26(36)37-4)21(32)25(35)39-27)29-24(34)20(15(3)31)30-23(33)18-12-8-11-17(28-18)16-9-6-5-7-10-16/h5-12,14-15,19-22,31-32H,13H2,1-4H3,(H,29,34)(H,30,33)/t15?,19-,20-,21+,22+/m0/s1. The molecule has 3 rings (SSSR count). The molecule has 0 radical (unpaired) electrons. The predicted molar refractivity (Wildman–Crippen MR) is 139 cm³/mol. The molecule has 39 heavy (non-hydrogen) atoms. The summed E-state index contributed by atoms with van der Waals surface area (Å²) in [7, 11) is -0.368. The van der Waals surface area contributed by atoms with E-state index in [9.17, 15) is 29.4 Å². The molecule has 2 heterocycles. The number of pyridine rings is 1. The summed E-state index contributed by atoms with van der Waals surface area (Å²) >= 11 is 0. The van der Waals surface area contributed by atoms with Crippen LogP contribution in [-0.2, 0) is 28.4 Å². The number of amides is 2. The maximum atomic E-state index is 13.2. The van der Waals surface area contributed by atoms with Gasteiger partial charge in [0.2, 0.25) is 5.91 Å². The summed E-state index contributed by atoms with van der Waals surface area (Å²) < 4.78 is 15.2. The van der Waals surface area contributed by atoms with Gasteiger partial charge < -0.3 is 34.9 Å². The topological polar surface area (TPSA) is 173 Å². The van der Waals surface area contributed by atoms with Crippen LogP contribution in [0.4, 0.5) is 0 Å².